The maximum atomic E-state index is 13.5. The maximum absolute atomic E-state index is 13.5. The number of amides is 1. The standard InChI is InChI=1S/C25H29F2N3O5S/c1-3-4-5-12-29-21-14-17(22(31)28-25(2)11-13-36(33,34)16-25)9-10-20(21)30(24(29)32)18-7-6-8-19(15-18)35-23(26)27/h6-10,14-15,23H,3-5,11-13,16H2,1-2H3,(H,28,31). The molecule has 2 heterocycles. The molecule has 11 heteroatoms. The minimum absolute atomic E-state index is 0.0248. The number of sulfone groups is 1. The summed E-state index contributed by atoms with van der Waals surface area (Å²) in [7, 11) is -3.20. The summed E-state index contributed by atoms with van der Waals surface area (Å²) in [6, 6.07) is 10.7. The molecule has 3 aromatic rings. The lowest BCUT2D eigenvalue weighted by Crippen LogP contribution is -2.46. The first kappa shape index (κ1) is 25.9. The Morgan fingerprint density at radius 2 is 1.94 bits per heavy atom. The molecular weight excluding hydrogens is 492 g/mol. The van der Waals surface area contributed by atoms with Crippen LogP contribution in [0.15, 0.2) is 47.3 Å². The summed E-state index contributed by atoms with van der Waals surface area (Å²) < 4.78 is 56.8. The number of halogens is 2. The van der Waals surface area contributed by atoms with E-state index < -0.39 is 27.9 Å². The van der Waals surface area contributed by atoms with Crippen LogP contribution in [0.4, 0.5) is 8.78 Å². The van der Waals surface area contributed by atoms with Gasteiger partial charge in [0.25, 0.3) is 5.91 Å². The Balaban J connectivity index is 1.76. The molecule has 1 fully saturated rings. The van der Waals surface area contributed by atoms with E-state index in [9.17, 15) is 26.8 Å². The molecule has 4 rings (SSSR count). The fraction of sp³-hybridized carbons (Fsp3) is 0.440. The van der Waals surface area contributed by atoms with E-state index in [0.717, 1.165) is 19.3 Å². The smallest absolute Gasteiger partial charge is 0.387 e. The van der Waals surface area contributed by atoms with Crippen molar-refractivity contribution < 1.29 is 26.7 Å². The summed E-state index contributed by atoms with van der Waals surface area (Å²) in [5.41, 5.74) is 0.470. The number of ether oxygens (including phenoxy) is 1. The number of unbranched alkanes of at least 4 members (excludes halogenated alkanes) is 2. The highest BCUT2D eigenvalue weighted by Crippen LogP contribution is 2.26. The highest BCUT2D eigenvalue weighted by molar-refractivity contribution is 7.91. The van der Waals surface area contributed by atoms with Gasteiger partial charge < -0.3 is 10.1 Å². The van der Waals surface area contributed by atoms with Crippen LogP contribution >= 0.6 is 0 Å². The molecule has 36 heavy (non-hydrogen) atoms. The van der Waals surface area contributed by atoms with Crippen LogP contribution in [0.25, 0.3) is 16.7 Å². The molecule has 1 aromatic heterocycles. The minimum atomic E-state index is -3.20. The number of benzene rings is 2. The molecule has 2 aromatic carbocycles. The molecule has 1 amide bonds. The number of hydrogen-bond donors (Lipinski definition) is 1. The van der Waals surface area contributed by atoms with Crippen LogP contribution in [0.1, 0.15) is 49.9 Å². The van der Waals surface area contributed by atoms with Crippen LogP contribution in [0.5, 0.6) is 5.75 Å². The topological polar surface area (TPSA) is 99.4 Å². The van der Waals surface area contributed by atoms with Gasteiger partial charge >= 0.3 is 12.3 Å². The second kappa shape index (κ2) is 10.0. The summed E-state index contributed by atoms with van der Waals surface area (Å²) in [6.07, 6.45) is 2.94. The molecule has 1 saturated heterocycles. The molecule has 0 saturated carbocycles. The summed E-state index contributed by atoms with van der Waals surface area (Å²) in [5, 5.41) is 2.84. The van der Waals surface area contributed by atoms with Gasteiger partial charge in [-0.1, -0.05) is 25.8 Å². The first-order valence-electron chi connectivity index (χ1n) is 11.9. The number of aromatic nitrogens is 2. The zero-order valence-electron chi connectivity index (χ0n) is 20.2. The number of aryl methyl sites for hydroxylation is 1. The van der Waals surface area contributed by atoms with Gasteiger partial charge in [0.05, 0.1) is 33.8 Å². The number of rotatable bonds is 9. The van der Waals surface area contributed by atoms with Gasteiger partial charge in [-0.2, -0.15) is 8.78 Å². The van der Waals surface area contributed by atoms with Crippen LogP contribution < -0.4 is 15.7 Å². The van der Waals surface area contributed by atoms with E-state index in [2.05, 4.69) is 10.1 Å². The van der Waals surface area contributed by atoms with Crippen molar-refractivity contribution in [1.29, 1.82) is 0 Å². The normalized spacial score (nSPS) is 19.1. The van der Waals surface area contributed by atoms with Gasteiger partial charge in [-0.3, -0.25) is 13.9 Å². The second-order valence-corrected chi connectivity index (χ2v) is 11.6. The monoisotopic (exact) mass is 521 g/mol. The van der Waals surface area contributed by atoms with Crippen molar-refractivity contribution in [3.05, 3.63) is 58.5 Å². The molecule has 1 atom stereocenters. The van der Waals surface area contributed by atoms with Crippen LogP contribution in [0, 0.1) is 0 Å². The number of nitrogens with one attached hydrogen (secondary N) is 1. The predicted molar refractivity (Wildman–Crippen MR) is 133 cm³/mol. The van der Waals surface area contributed by atoms with E-state index >= 15 is 0 Å². The van der Waals surface area contributed by atoms with Crippen molar-refractivity contribution in [3.8, 4) is 11.4 Å². The van der Waals surface area contributed by atoms with Crippen molar-refractivity contribution in [1.82, 2.24) is 14.5 Å². The van der Waals surface area contributed by atoms with Crippen LogP contribution in [-0.2, 0) is 16.4 Å². The Morgan fingerprint density at radius 1 is 1.17 bits per heavy atom. The Labute approximate surface area is 207 Å². The van der Waals surface area contributed by atoms with Gasteiger partial charge in [-0.25, -0.2) is 13.2 Å². The molecule has 1 unspecified atom stereocenters. The SMILES string of the molecule is CCCCCn1c(=O)n(-c2cccc(OC(F)F)c2)c2ccc(C(=O)NC3(C)CCS(=O)(=O)C3)cc21. The average molecular weight is 522 g/mol. The molecule has 1 aliphatic heterocycles. The largest absolute Gasteiger partial charge is 0.435 e. The summed E-state index contributed by atoms with van der Waals surface area (Å²) in [5.74, 6) is -0.596. The van der Waals surface area contributed by atoms with Gasteiger partial charge in [0.15, 0.2) is 9.84 Å². The van der Waals surface area contributed by atoms with Crippen molar-refractivity contribution in [2.45, 2.75) is 58.2 Å². The Bertz CT molecular complexity index is 1450. The van der Waals surface area contributed by atoms with E-state index in [0.29, 0.717) is 35.2 Å². The van der Waals surface area contributed by atoms with Crippen molar-refractivity contribution in [2.24, 2.45) is 0 Å². The highest BCUT2D eigenvalue weighted by atomic mass is 32.2. The third-order valence-corrected chi connectivity index (χ3v) is 8.30. The molecule has 8 nitrogen and oxygen atoms in total. The van der Waals surface area contributed by atoms with Crippen LogP contribution in [-0.4, -0.2) is 47.1 Å². The molecule has 0 aliphatic carbocycles. The number of carbonyl (C=O) groups excluding carboxylic acids is 1. The van der Waals surface area contributed by atoms with E-state index in [4.69, 9.17) is 0 Å². The fourth-order valence-electron chi connectivity index (χ4n) is 4.64. The third kappa shape index (κ3) is 5.45. The summed E-state index contributed by atoms with van der Waals surface area (Å²) >= 11 is 0. The van der Waals surface area contributed by atoms with Gasteiger partial charge in [0.2, 0.25) is 0 Å². The zero-order chi connectivity index (χ0) is 26.1. The average Bonchev–Trinajstić information content (AvgIpc) is 3.24. The molecule has 1 N–H and O–H groups in total. The third-order valence-electron chi connectivity index (χ3n) is 6.40. The van der Waals surface area contributed by atoms with Crippen molar-refractivity contribution >= 4 is 26.8 Å². The summed E-state index contributed by atoms with van der Waals surface area (Å²) in [4.78, 5) is 26.5. The zero-order valence-corrected chi connectivity index (χ0v) is 21.0. The van der Waals surface area contributed by atoms with Crippen LogP contribution in [0.3, 0.4) is 0 Å². The molecule has 0 radical (unpaired) electrons. The number of nitrogens with zero attached hydrogens (tertiary/aromatic N) is 2. The number of hydrogen-bond acceptors (Lipinski definition) is 5. The first-order valence-corrected chi connectivity index (χ1v) is 13.7. The lowest BCUT2D eigenvalue weighted by Gasteiger charge is -2.23. The minimum Gasteiger partial charge on any atom is -0.435 e. The molecule has 0 bridgehead atoms. The molecule has 0 spiro atoms. The van der Waals surface area contributed by atoms with E-state index in [1.165, 1.54) is 22.8 Å². The van der Waals surface area contributed by atoms with E-state index in [-0.39, 0.29) is 22.9 Å². The molecule has 194 valence electrons. The van der Waals surface area contributed by atoms with E-state index in [1.54, 1.807) is 35.8 Å². The van der Waals surface area contributed by atoms with E-state index in [1.807, 2.05) is 6.92 Å². The maximum Gasteiger partial charge on any atom is 0.387 e. The Kier molecular flexibility index (Phi) is 7.21. The Hall–Kier alpha value is -3.21. The lowest BCUT2D eigenvalue weighted by molar-refractivity contribution is -0.0498. The summed E-state index contributed by atoms with van der Waals surface area (Å²) in [6.45, 7) is 1.18. The fourth-order valence-corrected chi connectivity index (χ4v) is 6.73. The number of alkyl halides is 2. The predicted octanol–water partition coefficient (Wildman–Crippen LogP) is 3.89. The second-order valence-electron chi connectivity index (χ2n) is 9.41. The molecule has 1 aliphatic rings. The van der Waals surface area contributed by atoms with Gasteiger partial charge in [0, 0.05) is 18.2 Å². The Morgan fingerprint density at radius 3 is 2.61 bits per heavy atom. The number of imidazole rings is 1. The molecular formula is C25H29F2N3O5S. The number of fused-ring (bicyclic) bond motifs is 1. The number of carbonyl (C=O) groups is 1. The quantitative estimate of drug-likeness (QED) is 0.431. The first-order chi connectivity index (χ1) is 17.0. The van der Waals surface area contributed by atoms with Crippen molar-refractivity contribution in [2.75, 3.05) is 11.5 Å². The highest BCUT2D eigenvalue weighted by Gasteiger charge is 2.39. The lowest BCUT2D eigenvalue weighted by atomic mass is 10.0. The van der Waals surface area contributed by atoms with Gasteiger partial charge in [0.1, 0.15) is 5.75 Å². The van der Waals surface area contributed by atoms with Crippen LogP contribution in [0.2, 0.25) is 0 Å². The van der Waals surface area contributed by atoms with Gasteiger partial charge in [-0.05, 0) is 50.1 Å². The van der Waals surface area contributed by atoms with Crippen molar-refractivity contribution in [3.63, 3.8) is 0 Å². The van der Waals surface area contributed by atoms with Gasteiger partial charge in [-0.15, -0.1) is 0 Å².